The van der Waals surface area contributed by atoms with E-state index in [-0.39, 0.29) is 0 Å². The molecule has 0 amide bonds. The van der Waals surface area contributed by atoms with E-state index in [0.29, 0.717) is 0 Å². The first kappa shape index (κ1) is 34.1. The Bertz CT molecular complexity index is 372. The Hall–Kier alpha value is 0.137. The fraction of sp³-hybridized carbons (Fsp3) is 1.00. The zero-order chi connectivity index (χ0) is 25.0. The van der Waals surface area contributed by atoms with Gasteiger partial charge in [-0.05, 0) is 25.9 Å². The van der Waals surface area contributed by atoms with Gasteiger partial charge in [0.25, 0.3) is 0 Å². The average Bonchev–Trinajstić information content (AvgIpc) is 2.82. The molecule has 0 aromatic carbocycles. The first-order chi connectivity index (χ1) is 16.6. The molecular formula is C31H66O2Si. The van der Waals surface area contributed by atoms with E-state index in [0.717, 1.165) is 13.2 Å². The van der Waals surface area contributed by atoms with Gasteiger partial charge in [-0.3, -0.25) is 0 Å². The van der Waals surface area contributed by atoms with Gasteiger partial charge in [-0.25, -0.2) is 0 Å². The standard InChI is InChI=1S/C31H66O2Si/c1-5-7-9-11-12-13-14-15-16-17-18-19-20-21-22-23-24-25-27-29-31-33-34(3,4)32-30-28-26-10-8-6-2/h5-31H2,1-4H3. The SMILES string of the molecule is CCCCCCCCCCCCCCCCCCCCCCO[Si](C)(C)OCCCCCCC. The minimum atomic E-state index is -1.89. The van der Waals surface area contributed by atoms with Crippen molar-refractivity contribution in [3.8, 4) is 0 Å². The molecule has 0 saturated heterocycles. The zero-order valence-corrected chi connectivity index (χ0v) is 25.4. The van der Waals surface area contributed by atoms with Gasteiger partial charge >= 0.3 is 8.56 Å². The van der Waals surface area contributed by atoms with Gasteiger partial charge in [0.05, 0.1) is 0 Å². The molecule has 0 radical (unpaired) electrons. The van der Waals surface area contributed by atoms with Crippen molar-refractivity contribution in [3.05, 3.63) is 0 Å². The van der Waals surface area contributed by atoms with Gasteiger partial charge in [-0.2, -0.15) is 0 Å². The Morgan fingerprint density at radius 3 is 0.765 bits per heavy atom. The van der Waals surface area contributed by atoms with Crippen molar-refractivity contribution in [2.75, 3.05) is 13.2 Å². The lowest BCUT2D eigenvalue weighted by Crippen LogP contribution is -2.35. The molecule has 0 unspecified atom stereocenters. The molecule has 206 valence electrons. The van der Waals surface area contributed by atoms with Crippen LogP contribution in [0.15, 0.2) is 0 Å². The van der Waals surface area contributed by atoms with Crippen LogP contribution < -0.4 is 0 Å². The van der Waals surface area contributed by atoms with Crippen LogP contribution in [0.5, 0.6) is 0 Å². The van der Waals surface area contributed by atoms with Gasteiger partial charge in [0.15, 0.2) is 0 Å². The van der Waals surface area contributed by atoms with Gasteiger partial charge in [-0.1, -0.05) is 162 Å². The van der Waals surface area contributed by atoms with Crippen molar-refractivity contribution < 1.29 is 8.85 Å². The molecule has 2 nitrogen and oxygen atoms in total. The van der Waals surface area contributed by atoms with Crippen LogP contribution in [0.4, 0.5) is 0 Å². The summed E-state index contributed by atoms with van der Waals surface area (Å²) in [5, 5.41) is 0. The summed E-state index contributed by atoms with van der Waals surface area (Å²) in [6.07, 6.45) is 35.1. The fourth-order valence-corrected chi connectivity index (χ4v) is 6.10. The predicted octanol–water partition coefficient (Wildman–Crippen LogP) is 11.5. The van der Waals surface area contributed by atoms with Crippen LogP contribution in [0.1, 0.15) is 174 Å². The number of rotatable bonds is 29. The average molecular weight is 499 g/mol. The maximum absolute atomic E-state index is 6.11. The molecule has 0 N–H and O–H groups in total. The molecule has 0 heterocycles. The second-order valence-electron chi connectivity index (χ2n) is 11.2. The number of hydrogen-bond acceptors (Lipinski definition) is 2. The fourth-order valence-electron chi connectivity index (χ4n) is 4.74. The lowest BCUT2D eigenvalue weighted by Gasteiger charge is -2.22. The maximum atomic E-state index is 6.11. The van der Waals surface area contributed by atoms with E-state index in [1.807, 2.05) is 0 Å². The highest BCUT2D eigenvalue weighted by atomic mass is 28.4. The highest BCUT2D eigenvalue weighted by Gasteiger charge is 2.23. The molecule has 34 heavy (non-hydrogen) atoms. The highest BCUT2D eigenvalue weighted by Crippen LogP contribution is 2.15. The maximum Gasteiger partial charge on any atom is 0.331 e. The van der Waals surface area contributed by atoms with Crippen molar-refractivity contribution in [1.82, 2.24) is 0 Å². The predicted molar refractivity (Wildman–Crippen MR) is 156 cm³/mol. The largest absolute Gasteiger partial charge is 0.395 e. The van der Waals surface area contributed by atoms with E-state index >= 15 is 0 Å². The van der Waals surface area contributed by atoms with Gasteiger partial charge in [0, 0.05) is 13.2 Å². The van der Waals surface area contributed by atoms with Gasteiger partial charge in [0.2, 0.25) is 0 Å². The summed E-state index contributed by atoms with van der Waals surface area (Å²) in [7, 11) is -1.89. The van der Waals surface area contributed by atoms with Crippen LogP contribution in [0.2, 0.25) is 13.1 Å². The Morgan fingerprint density at radius 1 is 0.324 bits per heavy atom. The molecule has 0 aromatic rings. The van der Waals surface area contributed by atoms with E-state index in [4.69, 9.17) is 8.85 Å². The van der Waals surface area contributed by atoms with Crippen molar-refractivity contribution in [2.45, 2.75) is 187 Å². The molecule has 0 atom stereocenters. The summed E-state index contributed by atoms with van der Waals surface area (Å²) in [6, 6.07) is 0. The normalized spacial score (nSPS) is 12.0. The van der Waals surface area contributed by atoms with Crippen molar-refractivity contribution in [1.29, 1.82) is 0 Å². The molecule has 0 aliphatic heterocycles. The number of hydrogen-bond donors (Lipinski definition) is 0. The molecule has 3 heteroatoms. The van der Waals surface area contributed by atoms with E-state index in [1.54, 1.807) is 0 Å². The van der Waals surface area contributed by atoms with Crippen LogP contribution in [-0.2, 0) is 8.85 Å². The summed E-state index contributed by atoms with van der Waals surface area (Å²) >= 11 is 0. The summed E-state index contributed by atoms with van der Waals surface area (Å²) in [5.41, 5.74) is 0. The Kier molecular flexibility index (Phi) is 27.8. The molecule has 0 aromatic heterocycles. The van der Waals surface area contributed by atoms with E-state index in [1.165, 1.54) is 161 Å². The summed E-state index contributed by atoms with van der Waals surface area (Å²) in [4.78, 5) is 0. The van der Waals surface area contributed by atoms with Gasteiger partial charge < -0.3 is 8.85 Å². The smallest absolute Gasteiger partial charge is 0.331 e. The third-order valence-electron chi connectivity index (χ3n) is 7.15. The second kappa shape index (κ2) is 27.7. The molecule has 0 saturated carbocycles. The van der Waals surface area contributed by atoms with E-state index in [9.17, 15) is 0 Å². The Labute approximate surface area is 218 Å². The lowest BCUT2D eigenvalue weighted by molar-refractivity contribution is 0.172. The summed E-state index contributed by atoms with van der Waals surface area (Å²) in [6.45, 7) is 10.8. The number of unbranched alkanes of at least 4 members (excludes halogenated alkanes) is 23. The second-order valence-corrected chi connectivity index (χ2v) is 14.6. The molecule has 0 bridgehead atoms. The van der Waals surface area contributed by atoms with Crippen LogP contribution in [0.3, 0.4) is 0 Å². The molecule has 0 rings (SSSR count). The Balaban J connectivity index is 3.19. The third kappa shape index (κ3) is 28.4. The molecule has 0 fully saturated rings. The monoisotopic (exact) mass is 498 g/mol. The molecule has 0 aliphatic carbocycles. The van der Waals surface area contributed by atoms with Gasteiger partial charge in [0.1, 0.15) is 0 Å². The third-order valence-corrected chi connectivity index (χ3v) is 8.94. The quantitative estimate of drug-likeness (QED) is 0.0753. The van der Waals surface area contributed by atoms with Crippen LogP contribution in [0.25, 0.3) is 0 Å². The summed E-state index contributed by atoms with van der Waals surface area (Å²) in [5.74, 6) is 0. The van der Waals surface area contributed by atoms with E-state index < -0.39 is 8.56 Å². The van der Waals surface area contributed by atoms with Crippen LogP contribution in [0, 0.1) is 0 Å². The topological polar surface area (TPSA) is 18.5 Å². The van der Waals surface area contributed by atoms with E-state index in [2.05, 4.69) is 26.9 Å². The summed E-state index contributed by atoms with van der Waals surface area (Å²) < 4.78 is 12.2. The van der Waals surface area contributed by atoms with Crippen molar-refractivity contribution >= 4 is 8.56 Å². The van der Waals surface area contributed by atoms with Crippen molar-refractivity contribution in [3.63, 3.8) is 0 Å². The minimum absolute atomic E-state index is 0.891. The van der Waals surface area contributed by atoms with Crippen LogP contribution >= 0.6 is 0 Å². The lowest BCUT2D eigenvalue weighted by atomic mass is 10.0. The Morgan fingerprint density at radius 2 is 0.529 bits per heavy atom. The minimum Gasteiger partial charge on any atom is -0.395 e. The molecule has 0 spiro atoms. The van der Waals surface area contributed by atoms with Crippen molar-refractivity contribution in [2.24, 2.45) is 0 Å². The zero-order valence-electron chi connectivity index (χ0n) is 24.4. The first-order valence-electron chi connectivity index (χ1n) is 15.9. The highest BCUT2D eigenvalue weighted by molar-refractivity contribution is 6.64. The first-order valence-corrected chi connectivity index (χ1v) is 18.7. The van der Waals surface area contributed by atoms with Crippen LogP contribution in [-0.4, -0.2) is 21.8 Å². The molecular weight excluding hydrogens is 432 g/mol. The molecule has 0 aliphatic rings. The van der Waals surface area contributed by atoms with Gasteiger partial charge in [-0.15, -0.1) is 0 Å².